The van der Waals surface area contributed by atoms with Crippen molar-refractivity contribution in [3.8, 4) is 11.8 Å². The normalized spacial score (nSPS) is 9.95. The maximum Gasteiger partial charge on any atom is 0.261 e. The van der Waals surface area contributed by atoms with E-state index in [2.05, 4.69) is 17.2 Å². The minimum absolute atomic E-state index is 0.118. The van der Waals surface area contributed by atoms with E-state index in [1.54, 1.807) is 0 Å². The predicted molar refractivity (Wildman–Crippen MR) is 79.6 cm³/mol. The van der Waals surface area contributed by atoms with Crippen LogP contribution in [-0.2, 0) is 6.54 Å². The molecule has 0 atom stereocenters. The van der Waals surface area contributed by atoms with E-state index in [1.165, 1.54) is 11.3 Å². The number of hydrogen-bond acceptors (Lipinski definition) is 4. The summed E-state index contributed by atoms with van der Waals surface area (Å²) in [6.45, 7) is 4.50. The molecule has 0 aromatic carbocycles. The standard InChI is InChI=1S/C15H16N2O2S/c1-10-8-14(20-13(10)4-3-7-16)15(18)17-9-12-6-5-11(2)19-12/h5-6,8H,7,9,16H2,1-2H3,(H,17,18). The number of nitrogens with one attached hydrogen (secondary N) is 1. The topological polar surface area (TPSA) is 68.3 Å². The number of rotatable bonds is 3. The van der Waals surface area contributed by atoms with Crippen LogP contribution in [0.3, 0.4) is 0 Å². The number of hydrogen-bond donors (Lipinski definition) is 2. The monoisotopic (exact) mass is 288 g/mol. The van der Waals surface area contributed by atoms with Crippen LogP contribution in [0.1, 0.15) is 31.6 Å². The van der Waals surface area contributed by atoms with Crippen molar-refractivity contribution in [2.75, 3.05) is 6.54 Å². The Morgan fingerprint density at radius 3 is 2.90 bits per heavy atom. The summed E-state index contributed by atoms with van der Waals surface area (Å²) in [6, 6.07) is 5.57. The molecule has 0 aliphatic rings. The van der Waals surface area contributed by atoms with Gasteiger partial charge in [-0.1, -0.05) is 11.8 Å². The lowest BCUT2D eigenvalue weighted by Crippen LogP contribution is -2.21. The van der Waals surface area contributed by atoms with Gasteiger partial charge in [0.2, 0.25) is 0 Å². The van der Waals surface area contributed by atoms with Crippen LogP contribution in [0, 0.1) is 25.7 Å². The molecule has 4 nitrogen and oxygen atoms in total. The molecule has 0 bridgehead atoms. The summed E-state index contributed by atoms with van der Waals surface area (Å²) >= 11 is 1.38. The molecule has 0 saturated heterocycles. The molecule has 5 heteroatoms. The summed E-state index contributed by atoms with van der Waals surface area (Å²) in [4.78, 5) is 13.6. The minimum Gasteiger partial charge on any atom is -0.465 e. The smallest absolute Gasteiger partial charge is 0.261 e. The highest BCUT2D eigenvalue weighted by Crippen LogP contribution is 2.21. The van der Waals surface area contributed by atoms with Crippen LogP contribution in [0.25, 0.3) is 0 Å². The first-order valence-electron chi connectivity index (χ1n) is 6.23. The Bertz CT molecular complexity index is 674. The third-order valence-corrected chi connectivity index (χ3v) is 3.82. The van der Waals surface area contributed by atoms with Gasteiger partial charge in [-0.25, -0.2) is 0 Å². The molecule has 0 radical (unpaired) electrons. The van der Waals surface area contributed by atoms with Crippen molar-refractivity contribution in [2.45, 2.75) is 20.4 Å². The first kappa shape index (κ1) is 14.4. The molecule has 0 unspecified atom stereocenters. The Labute approximate surface area is 122 Å². The SMILES string of the molecule is Cc1ccc(CNC(=O)c2cc(C)c(C#CCN)s2)o1. The molecular weight excluding hydrogens is 272 g/mol. The summed E-state index contributed by atoms with van der Waals surface area (Å²) in [5, 5.41) is 2.83. The van der Waals surface area contributed by atoms with E-state index in [0.717, 1.165) is 22.0 Å². The molecule has 2 rings (SSSR count). The van der Waals surface area contributed by atoms with Crippen LogP contribution >= 0.6 is 11.3 Å². The second-order valence-corrected chi connectivity index (χ2v) is 5.38. The fourth-order valence-corrected chi connectivity index (χ4v) is 2.65. The van der Waals surface area contributed by atoms with Gasteiger partial charge in [0.1, 0.15) is 11.5 Å². The highest BCUT2D eigenvalue weighted by Gasteiger charge is 2.11. The van der Waals surface area contributed by atoms with Crippen molar-refractivity contribution >= 4 is 17.2 Å². The van der Waals surface area contributed by atoms with Gasteiger partial charge in [0.25, 0.3) is 5.91 Å². The van der Waals surface area contributed by atoms with Gasteiger partial charge in [-0.05, 0) is 37.6 Å². The summed E-state index contributed by atoms with van der Waals surface area (Å²) in [7, 11) is 0. The van der Waals surface area contributed by atoms with Gasteiger partial charge in [0.05, 0.1) is 22.8 Å². The second-order valence-electron chi connectivity index (χ2n) is 4.32. The molecule has 0 spiro atoms. The summed E-state index contributed by atoms with van der Waals surface area (Å²) in [5.41, 5.74) is 6.34. The van der Waals surface area contributed by atoms with E-state index >= 15 is 0 Å². The van der Waals surface area contributed by atoms with Crippen molar-refractivity contribution in [3.05, 3.63) is 45.0 Å². The molecule has 1 amide bonds. The maximum atomic E-state index is 12.0. The van der Waals surface area contributed by atoms with Gasteiger partial charge in [0, 0.05) is 0 Å². The quantitative estimate of drug-likeness (QED) is 0.851. The van der Waals surface area contributed by atoms with E-state index in [0.29, 0.717) is 18.0 Å². The van der Waals surface area contributed by atoms with Gasteiger partial charge in [0.15, 0.2) is 0 Å². The number of furan rings is 1. The summed E-state index contributed by atoms with van der Waals surface area (Å²) < 4.78 is 5.40. The Kier molecular flexibility index (Phi) is 4.61. The number of amides is 1. The van der Waals surface area contributed by atoms with Crippen molar-refractivity contribution in [1.29, 1.82) is 0 Å². The molecule has 104 valence electrons. The highest BCUT2D eigenvalue weighted by molar-refractivity contribution is 7.14. The van der Waals surface area contributed by atoms with E-state index < -0.39 is 0 Å². The predicted octanol–water partition coefficient (Wildman–Crippen LogP) is 2.20. The number of carbonyl (C=O) groups is 1. The molecule has 2 aromatic rings. The molecule has 0 aliphatic heterocycles. The highest BCUT2D eigenvalue weighted by atomic mass is 32.1. The third kappa shape index (κ3) is 3.50. The lowest BCUT2D eigenvalue weighted by molar-refractivity contribution is 0.0952. The number of nitrogens with two attached hydrogens (primary N) is 1. The first-order valence-corrected chi connectivity index (χ1v) is 7.04. The van der Waals surface area contributed by atoms with Crippen LogP contribution in [0.2, 0.25) is 0 Å². The van der Waals surface area contributed by atoms with E-state index in [1.807, 2.05) is 32.0 Å². The largest absolute Gasteiger partial charge is 0.465 e. The van der Waals surface area contributed by atoms with Crippen LogP contribution in [-0.4, -0.2) is 12.5 Å². The summed E-state index contributed by atoms with van der Waals surface area (Å²) in [5.74, 6) is 7.23. The first-order chi connectivity index (χ1) is 9.60. The Morgan fingerprint density at radius 2 is 2.25 bits per heavy atom. The van der Waals surface area contributed by atoms with Gasteiger partial charge in [-0.2, -0.15) is 0 Å². The second kappa shape index (κ2) is 6.42. The Balaban J connectivity index is 2.02. The van der Waals surface area contributed by atoms with Crippen molar-refractivity contribution in [3.63, 3.8) is 0 Å². The number of aryl methyl sites for hydroxylation is 2. The molecule has 0 saturated carbocycles. The van der Waals surface area contributed by atoms with Crippen LogP contribution in [0.5, 0.6) is 0 Å². The average molecular weight is 288 g/mol. The lowest BCUT2D eigenvalue weighted by atomic mass is 10.2. The number of carbonyl (C=O) groups excluding carboxylic acids is 1. The van der Waals surface area contributed by atoms with Gasteiger partial charge in [-0.15, -0.1) is 11.3 Å². The fraction of sp³-hybridized carbons (Fsp3) is 0.267. The van der Waals surface area contributed by atoms with Crippen molar-refractivity contribution < 1.29 is 9.21 Å². The van der Waals surface area contributed by atoms with Crippen LogP contribution in [0.4, 0.5) is 0 Å². The fourth-order valence-electron chi connectivity index (χ4n) is 1.68. The zero-order chi connectivity index (χ0) is 14.5. The van der Waals surface area contributed by atoms with Crippen molar-refractivity contribution in [1.82, 2.24) is 5.32 Å². The molecule has 2 aromatic heterocycles. The maximum absolute atomic E-state index is 12.0. The van der Waals surface area contributed by atoms with E-state index in [9.17, 15) is 4.79 Å². The molecule has 0 aliphatic carbocycles. The van der Waals surface area contributed by atoms with Gasteiger partial charge in [-0.3, -0.25) is 4.79 Å². The zero-order valence-corrected chi connectivity index (χ0v) is 12.3. The average Bonchev–Trinajstić information content (AvgIpc) is 3.00. The van der Waals surface area contributed by atoms with Crippen molar-refractivity contribution in [2.24, 2.45) is 5.73 Å². The van der Waals surface area contributed by atoms with Crippen LogP contribution < -0.4 is 11.1 Å². The summed E-state index contributed by atoms with van der Waals surface area (Å²) in [6.07, 6.45) is 0. The lowest BCUT2D eigenvalue weighted by Gasteiger charge is -2.00. The van der Waals surface area contributed by atoms with E-state index in [-0.39, 0.29) is 5.91 Å². The van der Waals surface area contributed by atoms with Gasteiger partial charge < -0.3 is 15.5 Å². The molecule has 2 heterocycles. The third-order valence-electron chi connectivity index (χ3n) is 2.66. The molecular formula is C15H16N2O2S. The minimum atomic E-state index is -0.118. The van der Waals surface area contributed by atoms with Gasteiger partial charge >= 0.3 is 0 Å². The molecule has 3 N–H and O–H groups in total. The zero-order valence-electron chi connectivity index (χ0n) is 11.4. The number of thiophene rings is 1. The molecule has 20 heavy (non-hydrogen) atoms. The van der Waals surface area contributed by atoms with Crippen LogP contribution in [0.15, 0.2) is 22.6 Å². The van der Waals surface area contributed by atoms with E-state index in [4.69, 9.17) is 10.2 Å². The Morgan fingerprint density at radius 1 is 1.45 bits per heavy atom. The molecule has 0 fully saturated rings. The Hall–Kier alpha value is -2.03.